The van der Waals surface area contributed by atoms with Crippen LogP contribution in [0.2, 0.25) is 10.0 Å². The first kappa shape index (κ1) is 21.5. The first-order chi connectivity index (χ1) is 14.3. The number of imide groups is 1. The van der Waals surface area contributed by atoms with Crippen LogP contribution in [-0.2, 0) is 14.3 Å². The lowest BCUT2D eigenvalue weighted by atomic mass is 10.1. The molecular weight excluding hydrogens is 435 g/mol. The van der Waals surface area contributed by atoms with Crippen molar-refractivity contribution in [2.45, 2.75) is 0 Å². The van der Waals surface area contributed by atoms with Gasteiger partial charge >= 0.3 is 12.0 Å². The van der Waals surface area contributed by atoms with Gasteiger partial charge in [0.25, 0.3) is 5.91 Å². The van der Waals surface area contributed by atoms with Crippen molar-refractivity contribution >= 4 is 52.9 Å². The predicted molar refractivity (Wildman–Crippen MR) is 111 cm³/mol. The van der Waals surface area contributed by atoms with E-state index in [1.165, 1.54) is 26.4 Å². The van der Waals surface area contributed by atoms with Gasteiger partial charge < -0.3 is 19.5 Å². The smallest absolute Gasteiger partial charge is 0.343 e. The summed E-state index contributed by atoms with van der Waals surface area (Å²) in [5.74, 6) is -0.731. The second-order valence-electron chi connectivity index (χ2n) is 6.00. The molecule has 1 aliphatic rings. The highest BCUT2D eigenvalue weighted by Gasteiger charge is 2.34. The third kappa shape index (κ3) is 4.50. The molecule has 0 unspecified atom stereocenters. The molecule has 2 aromatic rings. The molecule has 0 atom stereocenters. The number of carbonyl (C=O) groups is 3. The molecule has 0 aliphatic carbocycles. The summed E-state index contributed by atoms with van der Waals surface area (Å²) in [6.07, 6.45) is 1.45. The topological polar surface area (TPSA) is 94.2 Å². The lowest BCUT2D eigenvalue weighted by molar-refractivity contribution is -0.142. The van der Waals surface area contributed by atoms with Crippen molar-refractivity contribution in [2.24, 2.45) is 0 Å². The lowest BCUT2D eigenvalue weighted by Gasteiger charge is -2.13. The van der Waals surface area contributed by atoms with E-state index in [0.29, 0.717) is 16.3 Å². The van der Waals surface area contributed by atoms with Gasteiger partial charge in [-0.05, 0) is 48.0 Å². The maximum absolute atomic E-state index is 12.7. The Morgan fingerprint density at radius 2 is 1.83 bits per heavy atom. The molecule has 1 aliphatic heterocycles. The maximum atomic E-state index is 12.7. The van der Waals surface area contributed by atoms with E-state index in [1.807, 2.05) is 0 Å². The molecule has 3 rings (SSSR count). The molecule has 1 fully saturated rings. The van der Waals surface area contributed by atoms with Crippen molar-refractivity contribution in [1.29, 1.82) is 0 Å². The zero-order chi connectivity index (χ0) is 21.8. The van der Waals surface area contributed by atoms with Gasteiger partial charge in [0.2, 0.25) is 0 Å². The number of esters is 1. The minimum Gasteiger partial charge on any atom is -0.493 e. The number of ether oxygens (including phenoxy) is 3. The molecule has 10 heteroatoms. The van der Waals surface area contributed by atoms with E-state index < -0.39 is 17.9 Å². The Morgan fingerprint density at radius 1 is 1.13 bits per heavy atom. The molecule has 3 amide bonds. The van der Waals surface area contributed by atoms with Crippen LogP contribution in [0.3, 0.4) is 0 Å². The van der Waals surface area contributed by atoms with Crippen LogP contribution in [0.25, 0.3) is 6.08 Å². The van der Waals surface area contributed by atoms with Gasteiger partial charge in [-0.1, -0.05) is 23.2 Å². The van der Waals surface area contributed by atoms with Gasteiger partial charge in [0, 0.05) is 5.02 Å². The fourth-order valence-electron chi connectivity index (χ4n) is 2.68. The van der Waals surface area contributed by atoms with E-state index in [4.69, 9.17) is 32.7 Å². The summed E-state index contributed by atoms with van der Waals surface area (Å²) in [7, 11) is 2.64. The third-order valence-corrected chi connectivity index (χ3v) is 4.62. The lowest BCUT2D eigenvalue weighted by Crippen LogP contribution is -2.30. The Bertz CT molecular complexity index is 1040. The van der Waals surface area contributed by atoms with E-state index in [1.54, 1.807) is 30.3 Å². The molecule has 156 valence electrons. The van der Waals surface area contributed by atoms with E-state index in [2.05, 4.69) is 10.1 Å². The quantitative estimate of drug-likeness (QED) is 0.410. The first-order valence-corrected chi connectivity index (χ1v) is 9.29. The fourth-order valence-corrected chi connectivity index (χ4v) is 3.08. The maximum Gasteiger partial charge on any atom is 0.343 e. The van der Waals surface area contributed by atoms with Gasteiger partial charge in [0.05, 0.1) is 24.9 Å². The van der Waals surface area contributed by atoms with Gasteiger partial charge in [-0.2, -0.15) is 0 Å². The monoisotopic (exact) mass is 450 g/mol. The number of rotatable bonds is 6. The minimum atomic E-state index is -0.593. The van der Waals surface area contributed by atoms with Gasteiger partial charge in [0.1, 0.15) is 5.70 Å². The average molecular weight is 451 g/mol. The van der Waals surface area contributed by atoms with Crippen molar-refractivity contribution < 1.29 is 28.6 Å². The molecule has 0 aromatic heterocycles. The summed E-state index contributed by atoms with van der Waals surface area (Å²) >= 11 is 12.1. The van der Waals surface area contributed by atoms with Crippen molar-refractivity contribution in [3.05, 3.63) is 57.7 Å². The number of anilines is 1. The number of carbonyl (C=O) groups excluding carboxylic acids is 3. The molecule has 1 N–H and O–H groups in total. The minimum absolute atomic E-state index is 0.0521. The van der Waals surface area contributed by atoms with Crippen molar-refractivity contribution in [1.82, 2.24) is 5.32 Å². The normalized spacial score (nSPS) is 14.7. The summed E-state index contributed by atoms with van der Waals surface area (Å²) in [4.78, 5) is 37.3. The molecule has 1 heterocycles. The van der Waals surface area contributed by atoms with E-state index in [-0.39, 0.29) is 28.8 Å². The van der Waals surface area contributed by atoms with Gasteiger partial charge in [-0.15, -0.1) is 0 Å². The standard InChI is InChI=1S/C20H16Cl2N2O6/c1-28-16-9-11(7-14(22)18(16)30-10-17(25)29-2)8-15-19(26)24(20(27)23-15)13-5-3-12(21)4-6-13/h3-9H,10H2,1-2H3,(H,23,27)/b15-8+. The summed E-state index contributed by atoms with van der Waals surface area (Å²) < 4.78 is 15.1. The van der Waals surface area contributed by atoms with Crippen LogP contribution >= 0.6 is 23.2 Å². The highest BCUT2D eigenvalue weighted by atomic mass is 35.5. The zero-order valence-electron chi connectivity index (χ0n) is 15.9. The third-order valence-electron chi connectivity index (χ3n) is 4.09. The van der Waals surface area contributed by atoms with Crippen LogP contribution in [0.5, 0.6) is 11.5 Å². The highest BCUT2D eigenvalue weighted by Crippen LogP contribution is 2.37. The van der Waals surface area contributed by atoms with Crippen molar-refractivity contribution in [3.8, 4) is 11.5 Å². The molecule has 30 heavy (non-hydrogen) atoms. The van der Waals surface area contributed by atoms with Gasteiger partial charge in [0.15, 0.2) is 18.1 Å². The van der Waals surface area contributed by atoms with Crippen LogP contribution in [0.1, 0.15) is 5.56 Å². The number of benzene rings is 2. The molecule has 1 saturated heterocycles. The number of amides is 3. The molecule has 0 bridgehead atoms. The highest BCUT2D eigenvalue weighted by molar-refractivity contribution is 6.33. The number of nitrogens with zero attached hydrogens (tertiary/aromatic N) is 1. The fraction of sp³-hybridized carbons (Fsp3) is 0.150. The molecule has 0 spiro atoms. The van der Waals surface area contributed by atoms with E-state index >= 15 is 0 Å². The summed E-state index contributed by atoms with van der Waals surface area (Å²) in [6.45, 7) is -0.350. The predicted octanol–water partition coefficient (Wildman–Crippen LogP) is 3.65. The number of urea groups is 1. The van der Waals surface area contributed by atoms with Crippen molar-refractivity contribution in [2.75, 3.05) is 25.7 Å². The number of methoxy groups -OCH3 is 2. The molecule has 2 aromatic carbocycles. The van der Waals surface area contributed by atoms with E-state index in [0.717, 1.165) is 4.90 Å². The van der Waals surface area contributed by atoms with Crippen LogP contribution in [0.4, 0.5) is 10.5 Å². The molecule has 0 saturated carbocycles. The second kappa shape index (κ2) is 9.06. The number of halogens is 2. The second-order valence-corrected chi connectivity index (χ2v) is 6.85. The Labute approximate surface area is 181 Å². The number of hydrogen-bond acceptors (Lipinski definition) is 6. The summed E-state index contributed by atoms with van der Waals surface area (Å²) in [5.41, 5.74) is 0.910. The van der Waals surface area contributed by atoms with Crippen LogP contribution < -0.4 is 19.7 Å². The zero-order valence-corrected chi connectivity index (χ0v) is 17.4. The summed E-state index contributed by atoms with van der Waals surface area (Å²) in [5, 5.41) is 3.16. The van der Waals surface area contributed by atoms with Crippen LogP contribution in [0.15, 0.2) is 42.1 Å². The van der Waals surface area contributed by atoms with Crippen LogP contribution in [-0.4, -0.2) is 38.7 Å². The number of nitrogens with one attached hydrogen (secondary N) is 1. The average Bonchev–Trinajstić information content (AvgIpc) is 3.00. The largest absolute Gasteiger partial charge is 0.493 e. The summed E-state index contributed by atoms with van der Waals surface area (Å²) in [6, 6.07) is 8.76. The molecular formula is C20H16Cl2N2O6. The van der Waals surface area contributed by atoms with Gasteiger partial charge in [-0.25, -0.2) is 14.5 Å². The van der Waals surface area contributed by atoms with Crippen LogP contribution in [0, 0.1) is 0 Å². The van der Waals surface area contributed by atoms with E-state index in [9.17, 15) is 14.4 Å². The SMILES string of the molecule is COC(=O)COc1c(Cl)cc(/C=C2/NC(=O)N(c3ccc(Cl)cc3)C2=O)cc1OC. The Morgan fingerprint density at radius 3 is 2.47 bits per heavy atom. The number of hydrogen-bond donors (Lipinski definition) is 1. The Hall–Kier alpha value is -3.23. The Balaban J connectivity index is 1.88. The first-order valence-electron chi connectivity index (χ1n) is 8.54. The molecule has 8 nitrogen and oxygen atoms in total. The Kier molecular flexibility index (Phi) is 6.49. The molecule has 0 radical (unpaired) electrons. The van der Waals surface area contributed by atoms with Crippen molar-refractivity contribution in [3.63, 3.8) is 0 Å². The van der Waals surface area contributed by atoms with Gasteiger partial charge in [-0.3, -0.25) is 4.79 Å².